The second-order valence-electron chi connectivity index (χ2n) is 5.63. The monoisotopic (exact) mass is 391 g/mol. The van der Waals surface area contributed by atoms with Gasteiger partial charge in [-0.3, -0.25) is 9.59 Å². The number of hydrogen-bond acceptors (Lipinski definition) is 5. The Balaban J connectivity index is 1.80. The van der Waals surface area contributed by atoms with E-state index in [0.717, 1.165) is 5.69 Å². The molecule has 0 spiro atoms. The van der Waals surface area contributed by atoms with Crippen molar-refractivity contribution in [1.82, 2.24) is 0 Å². The molecule has 0 aliphatic rings. The van der Waals surface area contributed by atoms with Crippen molar-refractivity contribution in [2.24, 2.45) is 0 Å². The zero-order valence-corrected chi connectivity index (χ0v) is 15.9. The first-order chi connectivity index (χ1) is 13.0. The molecule has 0 unspecified atom stereocenters. The molecule has 0 aliphatic carbocycles. The van der Waals surface area contributed by atoms with E-state index in [1.165, 1.54) is 7.11 Å². The summed E-state index contributed by atoms with van der Waals surface area (Å²) < 4.78 is 10.0. The van der Waals surface area contributed by atoms with Gasteiger partial charge in [-0.1, -0.05) is 11.6 Å². The Bertz CT molecular complexity index is 781. The molecule has 2 rings (SSSR count). The summed E-state index contributed by atoms with van der Waals surface area (Å²) in [6.45, 7) is 0.413. The molecule has 0 saturated carbocycles. The topological polar surface area (TPSA) is 88.7 Å². The molecule has 2 aromatic carbocycles. The molecule has 0 aliphatic heterocycles. The van der Waals surface area contributed by atoms with Crippen LogP contribution in [0.2, 0.25) is 5.02 Å². The molecule has 0 aromatic heterocycles. The fourth-order valence-electron chi connectivity index (χ4n) is 2.32. The van der Waals surface area contributed by atoms with Crippen LogP contribution in [0.4, 0.5) is 17.1 Å². The van der Waals surface area contributed by atoms with Gasteiger partial charge in [0.1, 0.15) is 12.4 Å². The van der Waals surface area contributed by atoms with E-state index in [1.54, 1.807) is 49.6 Å². The van der Waals surface area contributed by atoms with Crippen LogP contribution in [0, 0.1) is 0 Å². The number of nitrogens with one attached hydrogen (secondary N) is 3. The first kappa shape index (κ1) is 20.5. The van der Waals surface area contributed by atoms with Crippen molar-refractivity contribution in [3.63, 3.8) is 0 Å². The quantitative estimate of drug-likeness (QED) is 0.609. The van der Waals surface area contributed by atoms with Crippen LogP contribution in [-0.2, 0) is 14.3 Å². The van der Waals surface area contributed by atoms with Gasteiger partial charge in [0.2, 0.25) is 11.8 Å². The van der Waals surface area contributed by atoms with E-state index in [0.29, 0.717) is 28.7 Å². The van der Waals surface area contributed by atoms with Crippen LogP contribution in [0.25, 0.3) is 0 Å². The highest BCUT2D eigenvalue weighted by atomic mass is 35.5. The van der Waals surface area contributed by atoms with Gasteiger partial charge in [-0.2, -0.15) is 0 Å². The summed E-state index contributed by atoms with van der Waals surface area (Å²) in [7, 11) is 3.03. The lowest BCUT2D eigenvalue weighted by Gasteiger charge is -2.12. The number of amides is 2. The Kier molecular flexibility index (Phi) is 7.91. The summed E-state index contributed by atoms with van der Waals surface area (Å²) in [5.41, 5.74) is 2.00. The maximum atomic E-state index is 12.1. The maximum Gasteiger partial charge on any atom is 0.250 e. The van der Waals surface area contributed by atoms with E-state index in [-0.39, 0.29) is 24.8 Å². The molecule has 0 radical (unpaired) electrons. The van der Waals surface area contributed by atoms with Crippen LogP contribution >= 0.6 is 11.6 Å². The van der Waals surface area contributed by atoms with Crippen molar-refractivity contribution in [2.45, 2.75) is 6.42 Å². The first-order valence-corrected chi connectivity index (χ1v) is 8.65. The average Bonchev–Trinajstić information content (AvgIpc) is 2.64. The van der Waals surface area contributed by atoms with Crippen LogP contribution in [0.15, 0.2) is 42.5 Å². The van der Waals surface area contributed by atoms with Crippen molar-refractivity contribution in [3.8, 4) is 5.75 Å². The summed E-state index contributed by atoms with van der Waals surface area (Å²) in [5, 5.41) is 9.20. The second kappa shape index (κ2) is 10.4. The normalized spacial score (nSPS) is 10.2. The van der Waals surface area contributed by atoms with E-state index in [4.69, 9.17) is 21.1 Å². The number of halogens is 1. The number of carbonyl (C=O) groups excluding carboxylic acids is 2. The molecule has 3 N–H and O–H groups in total. The Morgan fingerprint density at radius 3 is 2.19 bits per heavy atom. The van der Waals surface area contributed by atoms with Crippen LogP contribution in [0.5, 0.6) is 5.75 Å². The number of carbonyl (C=O) groups is 2. The summed E-state index contributed by atoms with van der Waals surface area (Å²) >= 11 is 5.98. The summed E-state index contributed by atoms with van der Waals surface area (Å²) in [6, 6.07) is 12.1. The molecular weight excluding hydrogens is 370 g/mol. The smallest absolute Gasteiger partial charge is 0.250 e. The Morgan fingerprint density at radius 2 is 1.59 bits per heavy atom. The highest BCUT2D eigenvalue weighted by molar-refractivity contribution is 6.30. The van der Waals surface area contributed by atoms with Crippen molar-refractivity contribution in [2.75, 3.05) is 43.3 Å². The lowest BCUT2D eigenvalue weighted by Crippen LogP contribution is -2.17. The van der Waals surface area contributed by atoms with Crippen molar-refractivity contribution in [3.05, 3.63) is 47.5 Å². The number of benzene rings is 2. The Hall–Kier alpha value is -2.77. The van der Waals surface area contributed by atoms with Gasteiger partial charge in [-0.05, 0) is 42.5 Å². The van der Waals surface area contributed by atoms with Gasteiger partial charge in [0.15, 0.2) is 0 Å². The highest BCUT2D eigenvalue weighted by Crippen LogP contribution is 2.27. The average molecular weight is 392 g/mol. The van der Waals surface area contributed by atoms with Gasteiger partial charge in [0, 0.05) is 36.5 Å². The van der Waals surface area contributed by atoms with E-state index in [2.05, 4.69) is 16.0 Å². The molecule has 0 fully saturated rings. The SMILES string of the molecule is COCC(=O)Nc1ccc(NC(=O)CCNc2cc(Cl)ccc2OC)cc1. The third-order valence-corrected chi connectivity index (χ3v) is 3.79. The van der Waals surface area contributed by atoms with E-state index < -0.39 is 0 Å². The summed E-state index contributed by atoms with van der Waals surface area (Å²) in [5.74, 6) is 0.280. The van der Waals surface area contributed by atoms with Crippen molar-refractivity contribution < 1.29 is 19.1 Å². The number of methoxy groups -OCH3 is 2. The minimum atomic E-state index is -0.239. The molecule has 7 nitrogen and oxygen atoms in total. The first-order valence-electron chi connectivity index (χ1n) is 8.28. The van der Waals surface area contributed by atoms with Crippen LogP contribution in [0.1, 0.15) is 6.42 Å². The summed E-state index contributed by atoms with van der Waals surface area (Å²) in [4.78, 5) is 23.5. The second-order valence-corrected chi connectivity index (χ2v) is 6.06. The molecule has 27 heavy (non-hydrogen) atoms. The molecule has 0 atom stereocenters. The minimum Gasteiger partial charge on any atom is -0.495 e. The largest absolute Gasteiger partial charge is 0.495 e. The minimum absolute atomic E-state index is 0.0110. The Labute approximate surface area is 163 Å². The predicted octanol–water partition coefficient (Wildman–Crippen LogP) is 3.37. The van der Waals surface area contributed by atoms with Gasteiger partial charge in [-0.15, -0.1) is 0 Å². The molecule has 144 valence electrons. The van der Waals surface area contributed by atoms with Crippen LogP contribution in [0.3, 0.4) is 0 Å². The predicted molar refractivity (Wildman–Crippen MR) is 107 cm³/mol. The van der Waals surface area contributed by atoms with E-state index >= 15 is 0 Å². The number of ether oxygens (including phenoxy) is 2. The molecule has 0 bridgehead atoms. The highest BCUT2D eigenvalue weighted by Gasteiger charge is 2.07. The lowest BCUT2D eigenvalue weighted by atomic mass is 10.2. The maximum absolute atomic E-state index is 12.1. The van der Waals surface area contributed by atoms with Gasteiger partial charge in [0.25, 0.3) is 0 Å². The number of rotatable bonds is 9. The van der Waals surface area contributed by atoms with Crippen molar-refractivity contribution >= 4 is 40.5 Å². The lowest BCUT2D eigenvalue weighted by molar-refractivity contribution is -0.119. The fraction of sp³-hybridized carbons (Fsp3) is 0.263. The van der Waals surface area contributed by atoms with Gasteiger partial charge in [0.05, 0.1) is 12.8 Å². The number of anilines is 3. The fourth-order valence-corrected chi connectivity index (χ4v) is 2.49. The van der Waals surface area contributed by atoms with E-state index in [9.17, 15) is 9.59 Å². The Morgan fingerprint density at radius 1 is 0.963 bits per heavy atom. The van der Waals surface area contributed by atoms with Gasteiger partial charge < -0.3 is 25.4 Å². The van der Waals surface area contributed by atoms with Gasteiger partial charge in [-0.25, -0.2) is 0 Å². The van der Waals surface area contributed by atoms with Crippen molar-refractivity contribution in [1.29, 1.82) is 0 Å². The third-order valence-electron chi connectivity index (χ3n) is 3.56. The molecule has 0 heterocycles. The zero-order valence-electron chi connectivity index (χ0n) is 15.2. The third kappa shape index (κ3) is 6.80. The standard InChI is InChI=1S/C19H22ClN3O4/c1-26-12-19(25)23-15-6-4-14(5-7-15)22-18(24)9-10-21-16-11-13(20)3-8-17(16)27-2/h3-8,11,21H,9-10,12H2,1-2H3,(H,22,24)(H,23,25). The number of hydrogen-bond donors (Lipinski definition) is 3. The molecule has 2 aromatic rings. The molecule has 2 amide bonds. The van der Waals surface area contributed by atoms with Gasteiger partial charge >= 0.3 is 0 Å². The molecular formula is C19H22ClN3O4. The zero-order chi connectivity index (χ0) is 19.6. The summed E-state index contributed by atoms with van der Waals surface area (Å²) in [6.07, 6.45) is 0.266. The molecule has 0 saturated heterocycles. The van der Waals surface area contributed by atoms with Crippen LogP contribution in [-0.4, -0.2) is 39.2 Å². The van der Waals surface area contributed by atoms with Crippen LogP contribution < -0.4 is 20.7 Å². The van der Waals surface area contributed by atoms with E-state index in [1.807, 2.05) is 0 Å². The molecule has 8 heteroatoms.